The molecule has 0 fully saturated rings. The van der Waals surface area contributed by atoms with Crippen LogP contribution in [0, 0.1) is 0 Å². The van der Waals surface area contributed by atoms with Crippen LogP contribution in [0.2, 0.25) is 0 Å². The van der Waals surface area contributed by atoms with Gasteiger partial charge in [0.2, 0.25) is 0 Å². The van der Waals surface area contributed by atoms with E-state index in [0.717, 1.165) is 17.5 Å². The SMILES string of the molecule is C=Cc1ccc(C/C=C\C(=C(/C)c2ccc3ccccc3c2)c2ccc3c(-c4ccccc4)c4ccccc4c(-c4ccccc4)c3c2)cc1C=C. The third-order valence-electron chi connectivity index (χ3n) is 10.3. The summed E-state index contributed by atoms with van der Waals surface area (Å²) in [7, 11) is 0. The quantitative estimate of drug-likeness (QED) is 0.0818. The van der Waals surface area contributed by atoms with E-state index in [0.29, 0.717) is 0 Å². The number of hydrogen-bond acceptors (Lipinski definition) is 0. The zero-order chi connectivity index (χ0) is 35.4. The molecule has 0 N–H and O–H groups in total. The van der Waals surface area contributed by atoms with Gasteiger partial charge in [0.1, 0.15) is 0 Å². The first-order valence-electron chi connectivity index (χ1n) is 18.0. The van der Waals surface area contributed by atoms with Crippen LogP contribution in [-0.2, 0) is 6.42 Å². The van der Waals surface area contributed by atoms with Gasteiger partial charge in [0.25, 0.3) is 0 Å². The third kappa shape index (κ3) is 6.21. The van der Waals surface area contributed by atoms with Crippen molar-refractivity contribution in [3.8, 4) is 22.3 Å². The van der Waals surface area contributed by atoms with E-state index in [1.165, 1.54) is 82.4 Å². The molecule has 0 saturated carbocycles. The van der Waals surface area contributed by atoms with E-state index in [-0.39, 0.29) is 0 Å². The molecule has 0 nitrogen and oxygen atoms in total. The third-order valence-corrected chi connectivity index (χ3v) is 10.3. The number of rotatable bonds is 9. The van der Waals surface area contributed by atoms with Gasteiger partial charge in [0.05, 0.1) is 0 Å². The van der Waals surface area contributed by atoms with Gasteiger partial charge in [-0.05, 0) is 119 Å². The summed E-state index contributed by atoms with van der Waals surface area (Å²) < 4.78 is 0. The van der Waals surface area contributed by atoms with Crippen molar-refractivity contribution in [2.24, 2.45) is 0 Å². The molecule has 0 aromatic heterocycles. The second kappa shape index (κ2) is 14.4. The summed E-state index contributed by atoms with van der Waals surface area (Å²) in [5.41, 5.74) is 13.3. The molecule has 248 valence electrons. The highest BCUT2D eigenvalue weighted by atomic mass is 14.2. The molecular weight excluding hydrogens is 625 g/mol. The molecule has 52 heavy (non-hydrogen) atoms. The monoisotopic (exact) mass is 664 g/mol. The summed E-state index contributed by atoms with van der Waals surface area (Å²) in [6, 6.07) is 59.6. The number of hydrogen-bond donors (Lipinski definition) is 0. The Labute approximate surface area is 307 Å². The van der Waals surface area contributed by atoms with Crippen LogP contribution in [0.5, 0.6) is 0 Å². The lowest BCUT2D eigenvalue weighted by Crippen LogP contribution is -1.94. The van der Waals surface area contributed by atoms with Gasteiger partial charge in [-0.15, -0.1) is 0 Å². The lowest BCUT2D eigenvalue weighted by atomic mass is 9.84. The fourth-order valence-corrected chi connectivity index (χ4v) is 7.62. The Morgan fingerprint density at radius 1 is 0.481 bits per heavy atom. The maximum Gasteiger partial charge on any atom is -0.00262 e. The number of allylic oxidation sites excluding steroid dienone is 4. The van der Waals surface area contributed by atoms with E-state index < -0.39 is 0 Å². The lowest BCUT2D eigenvalue weighted by molar-refractivity contribution is 1.26. The summed E-state index contributed by atoms with van der Waals surface area (Å²) in [6.07, 6.45) is 9.22. The molecule has 0 aliphatic rings. The summed E-state index contributed by atoms with van der Waals surface area (Å²) >= 11 is 0. The summed E-state index contributed by atoms with van der Waals surface area (Å²) in [4.78, 5) is 0. The molecule has 0 heteroatoms. The molecule has 0 atom stereocenters. The smallest absolute Gasteiger partial charge is 0.00262 e. The Balaban J connectivity index is 1.37. The van der Waals surface area contributed by atoms with Crippen molar-refractivity contribution in [1.82, 2.24) is 0 Å². The van der Waals surface area contributed by atoms with Gasteiger partial charge in [0, 0.05) is 0 Å². The van der Waals surface area contributed by atoms with Crippen molar-refractivity contribution in [2.45, 2.75) is 13.3 Å². The van der Waals surface area contributed by atoms with E-state index in [1.807, 2.05) is 12.2 Å². The average Bonchev–Trinajstić information content (AvgIpc) is 3.21. The van der Waals surface area contributed by atoms with Crippen LogP contribution >= 0.6 is 0 Å². The van der Waals surface area contributed by atoms with Gasteiger partial charge in [-0.3, -0.25) is 0 Å². The topological polar surface area (TPSA) is 0 Å². The van der Waals surface area contributed by atoms with Gasteiger partial charge in [0.15, 0.2) is 0 Å². The van der Waals surface area contributed by atoms with Crippen LogP contribution < -0.4 is 0 Å². The van der Waals surface area contributed by atoms with Gasteiger partial charge in [-0.25, -0.2) is 0 Å². The molecule has 0 radical (unpaired) electrons. The summed E-state index contributed by atoms with van der Waals surface area (Å²) in [5, 5.41) is 7.50. The number of benzene rings is 8. The first-order valence-corrected chi connectivity index (χ1v) is 18.0. The molecule has 0 unspecified atom stereocenters. The zero-order valence-electron chi connectivity index (χ0n) is 29.5. The Kier molecular flexibility index (Phi) is 9.05. The first-order chi connectivity index (χ1) is 25.6. The van der Waals surface area contributed by atoms with Gasteiger partial charge in [-0.1, -0.05) is 189 Å². The highest BCUT2D eigenvalue weighted by molar-refractivity contribution is 6.22. The van der Waals surface area contributed by atoms with Crippen molar-refractivity contribution < 1.29 is 0 Å². The fourth-order valence-electron chi connectivity index (χ4n) is 7.62. The Bertz CT molecular complexity index is 2670. The maximum absolute atomic E-state index is 4.03. The fraction of sp³-hybridized carbons (Fsp3) is 0.0385. The normalized spacial score (nSPS) is 12.0. The van der Waals surface area contributed by atoms with Crippen molar-refractivity contribution in [2.75, 3.05) is 0 Å². The maximum atomic E-state index is 4.03. The van der Waals surface area contributed by atoms with Crippen molar-refractivity contribution >= 4 is 55.6 Å². The Morgan fingerprint density at radius 3 is 1.73 bits per heavy atom. The van der Waals surface area contributed by atoms with Crippen LogP contribution in [0.25, 0.3) is 77.9 Å². The first kappa shape index (κ1) is 32.7. The van der Waals surface area contributed by atoms with Crippen LogP contribution in [0.4, 0.5) is 0 Å². The molecular formula is C52H40. The van der Waals surface area contributed by atoms with E-state index in [1.54, 1.807) is 0 Å². The van der Waals surface area contributed by atoms with E-state index >= 15 is 0 Å². The van der Waals surface area contributed by atoms with Crippen LogP contribution in [-0.4, -0.2) is 0 Å². The minimum atomic E-state index is 0.804. The predicted octanol–water partition coefficient (Wildman–Crippen LogP) is 14.5. The minimum Gasteiger partial charge on any atom is -0.0984 e. The highest BCUT2D eigenvalue weighted by Crippen LogP contribution is 2.45. The standard InChI is InChI=1S/C52H40/c1-4-38-28-27-37(33-39(38)5-2)17-16-26-46(36(3)43-30-29-40-18-12-13-23-44(40)34-43)45-31-32-49-50(35-45)52(42-21-10-7-11-22-42)48-25-15-14-24-47(48)51(49)41-19-8-6-9-20-41/h4-16,18-35H,1-2,17H2,3H3/b26-16-,46-36-. The summed E-state index contributed by atoms with van der Waals surface area (Å²) in [6.45, 7) is 10.3. The second-order valence-electron chi connectivity index (χ2n) is 13.4. The second-order valence-corrected chi connectivity index (χ2v) is 13.4. The molecule has 8 aromatic carbocycles. The van der Waals surface area contributed by atoms with Gasteiger partial charge < -0.3 is 0 Å². The molecule has 0 spiro atoms. The van der Waals surface area contributed by atoms with Crippen molar-refractivity contribution in [3.63, 3.8) is 0 Å². The molecule has 0 amide bonds. The average molecular weight is 665 g/mol. The van der Waals surface area contributed by atoms with E-state index in [4.69, 9.17) is 0 Å². The molecule has 8 rings (SSSR count). The Morgan fingerprint density at radius 2 is 1.06 bits per heavy atom. The molecule has 8 aromatic rings. The molecule has 0 aliphatic heterocycles. The molecule has 0 aliphatic carbocycles. The molecule has 0 bridgehead atoms. The van der Waals surface area contributed by atoms with Crippen LogP contribution in [0.1, 0.15) is 34.7 Å². The predicted molar refractivity (Wildman–Crippen MR) is 228 cm³/mol. The molecule has 0 heterocycles. The lowest BCUT2D eigenvalue weighted by Gasteiger charge is -2.19. The Hall–Kier alpha value is -6.50. The minimum absolute atomic E-state index is 0.804. The van der Waals surface area contributed by atoms with E-state index in [2.05, 4.69) is 196 Å². The van der Waals surface area contributed by atoms with E-state index in [9.17, 15) is 0 Å². The number of fused-ring (bicyclic) bond motifs is 3. The van der Waals surface area contributed by atoms with Gasteiger partial charge >= 0.3 is 0 Å². The highest BCUT2D eigenvalue weighted by Gasteiger charge is 2.18. The largest absolute Gasteiger partial charge is 0.0984 e. The van der Waals surface area contributed by atoms with Crippen LogP contribution in [0.3, 0.4) is 0 Å². The van der Waals surface area contributed by atoms with Crippen LogP contribution in [0.15, 0.2) is 189 Å². The zero-order valence-corrected chi connectivity index (χ0v) is 29.5. The van der Waals surface area contributed by atoms with Crippen molar-refractivity contribution in [3.05, 3.63) is 217 Å². The summed E-state index contributed by atoms with van der Waals surface area (Å²) in [5.74, 6) is 0. The van der Waals surface area contributed by atoms with Crippen molar-refractivity contribution in [1.29, 1.82) is 0 Å². The molecule has 0 saturated heterocycles. The van der Waals surface area contributed by atoms with Gasteiger partial charge in [-0.2, -0.15) is 0 Å².